The third-order valence-electron chi connectivity index (χ3n) is 5.01. The monoisotopic (exact) mass is 395 g/mol. The van der Waals surface area contributed by atoms with E-state index in [0.717, 1.165) is 27.5 Å². The SMILES string of the molecule is O=C(COc1ccc2ccc(=O)oc2c1)c1c(-c2ccccc2)[nH]c2ccccc12. The molecule has 3 aromatic carbocycles. The number of hydrogen-bond donors (Lipinski definition) is 1. The lowest BCUT2D eigenvalue weighted by Gasteiger charge is -2.08. The van der Waals surface area contributed by atoms with Crippen molar-refractivity contribution in [3.63, 3.8) is 0 Å². The minimum Gasteiger partial charge on any atom is -0.485 e. The minimum atomic E-state index is -0.429. The fraction of sp³-hybridized carbons (Fsp3) is 0.0400. The van der Waals surface area contributed by atoms with Gasteiger partial charge in [-0.25, -0.2) is 4.79 Å². The first-order valence-electron chi connectivity index (χ1n) is 9.55. The fourth-order valence-corrected chi connectivity index (χ4v) is 3.60. The number of carbonyl (C=O) groups is 1. The molecule has 0 saturated heterocycles. The number of benzene rings is 3. The summed E-state index contributed by atoms with van der Waals surface area (Å²) in [6, 6.07) is 25.7. The number of Topliss-reactive ketones (excluding diaryl/α,β-unsaturated/α-hetero) is 1. The molecule has 0 atom stereocenters. The van der Waals surface area contributed by atoms with Gasteiger partial charge in [0, 0.05) is 28.4 Å². The molecule has 0 spiro atoms. The molecule has 5 heteroatoms. The Hall–Kier alpha value is -4.12. The number of ether oxygens (including phenoxy) is 1. The van der Waals surface area contributed by atoms with E-state index in [1.54, 1.807) is 24.3 Å². The number of hydrogen-bond acceptors (Lipinski definition) is 4. The number of aromatic nitrogens is 1. The Bertz CT molecular complexity index is 1430. The van der Waals surface area contributed by atoms with Crippen molar-refractivity contribution in [2.45, 2.75) is 0 Å². The fourth-order valence-electron chi connectivity index (χ4n) is 3.60. The average Bonchev–Trinajstić information content (AvgIpc) is 3.17. The lowest BCUT2D eigenvalue weighted by Crippen LogP contribution is -2.12. The molecule has 1 N–H and O–H groups in total. The maximum atomic E-state index is 13.2. The van der Waals surface area contributed by atoms with Crippen LogP contribution in [0.1, 0.15) is 10.4 Å². The Morgan fingerprint density at radius 3 is 2.53 bits per heavy atom. The molecule has 5 rings (SSSR count). The van der Waals surface area contributed by atoms with Gasteiger partial charge in [0.2, 0.25) is 5.78 Å². The minimum absolute atomic E-state index is 0.135. The van der Waals surface area contributed by atoms with Gasteiger partial charge in [-0.15, -0.1) is 0 Å². The zero-order valence-corrected chi connectivity index (χ0v) is 15.9. The zero-order chi connectivity index (χ0) is 20.5. The summed E-state index contributed by atoms with van der Waals surface area (Å²) in [6.45, 7) is -0.135. The Morgan fingerprint density at radius 2 is 1.67 bits per heavy atom. The normalized spacial score (nSPS) is 11.1. The van der Waals surface area contributed by atoms with Crippen LogP contribution in [0.2, 0.25) is 0 Å². The molecular formula is C25H17NO4. The predicted molar refractivity (Wildman–Crippen MR) is 116 cm³/mol. The molecule has 5 aromatic rings. The summed E-state index contributed by atoms with van der Waals surface area (Å²) < 4.78 is 10.9. The molecule has 146 valence electrons. The van der Waals surface area contributed by atoms with Crippen molar-refractivity contribution in [1.82, 2.24) is 4.98 Å². The van der Waals surface area contributed by atoms with Crippen LogP contribution in [0.25, 0.3) is 33.1 Å². The first kappa shape index (κ1) is 17.9. The lowest BCUT2D eigenvalue weighted by atomic mass is 10.0. The summed E-state index contributed by atoms with van der Waals surface area (Å²) in [5.74, 6) is 0.326. The van der Waals surface area contributed by atoms with E-state index in [-0.39, 0.29) is 12.4 Å². The van der Waals surface area contributed by atoms with Crippen LogP contribution in [0.4, 0.5) is 0 Å². The third kappa shape index (κ3) is 3.26. The number of fused-ring (bicyclic) bond motifs is 2. The van der Waals surface area contributed by atoms with Gasteiger partial charge in [0.1, 0.15) is 11.3 Å². The smallest absolute Gasteiger partial charge is 0.336 e. The van der Waals surface area contributed by atoms with E-state index in [9.17, 15) is 9.59 Å². The van der Waals surface area contributed by atoms with E-state index in [2.05, 4.69) is 4.98 Å². The van der Waals surface area contributed by atoms with Gasteiger partial charge in [-0.05, 0) is 29.8 Å². The zero-order valence-electron chi connectivity index (χ0n) is 15.9. The molecule has 5 nitrogen and oxygen atoms in total. The van der Waals surface area contributed by atoms with Crippen LogP contribution in [-0.4, -0.2) is 17.4 Å². The van der Waals surface area contributed by atoms with Crippen molar-refractivity contribution >= 4 is 27.7 Å². The number of carbonyl (C=O) groups excluding carboxylic acids is 1. The molecule has 2 heterocycles. The Kier molecular flexibility index (Phi) is 4.41. The van der Waals surface area contributed by atoms with E-state index in [4.69, 9.17) is 9.15 Å². The van der Waals surface area contributed by atoms with Gasteiger partial charge < -0.3 is 14.1 Å². The summed E-state index contributed by atoms with van der Waals surface area (Å²) in [7, 11) is 0. The van der Waals surface area contributed by atoms with Crippen molar-refractivity contribution in [2.75, 3.05) is 6.61 Å². The van der Waals surface area contributed by atoms with E-state index in [1.807, 2.05) is 54.6 Å². The molecular weight excluding hydrogens is 378 g/mol. The molecule has 0 unspecified atom stereocenters. The van der Waals surface area contributed by atoms with E-state index in [0.29, 0.717) is 16.9 Å². The second-order valence-corrected chi connectivity index (χ2v) is 6.95. The number of aromatic amines is 1. The van der Waals surface area contributed by atoms with Crippen molar-refractivity contribution in [1.29, 1.82) is 0 Å². The third-order valence-corrected chi connectivity index (χ3v) is 5.01. The van der Waals surface area contributed by atoms with Crippen molar-refractivity contribution in [3.8, 4) is 17.0 Å². The van der Waals surface area contributed by atoms with Gasteiger partial charge in [0.15, 0.2) is 6.61 Å². The molecule has 0 saturated carbocycles. The summed E-state index contributed by atoms with van der Waals surface area (Å²) >= 11 is 0. The van der Waals surface area contributed by atoms with Crippen LogP contribution >= 0.6 is 0 Å². The van der Waals surface area contributed by atoms with Crippen molar-refractivity contribution < 1.29 is 13.9 Å². The van der Waals surface area contributed by atoms with Gasteiger partial charge in [0.05, 0.1) is 11.3 Å². The molecule has 0 radical (unpaired) electrons. The number of ketones is 1. The maximum absolute atomic E-state index is 13.2. The summed E-state index contributed by atoms with van der Waals surface area (Å²) in [4.78, 5) is 28.0. The first-order chi connectivity index (χ1) is 14.7. The standard InChI is InChI=1S/C25H17NO4/c27-21(15-29-18-12-10-16-11-13-23(28)30-22(16)14-18)24-19-8-4-5-9-20(19)26-25(24)17-6-2-1-3-7-17/h1-14,26H,15H2. The number of para-hydroxylation sites is 1. The first-order valence-corrected chi connectivity index (χ1v) is 9.55. The number of H-pyrrole nitrogens is 1. The second-order valence-electron chi connectivity index (χ2n) is 6.95. The van der Waals surface area contributed by atoms with E-state index >= 15 is 0 Å². The van der Waals surface area contributed by atoms with Crippen LogP contribution < -0.4 is 10.4 Å². The van der Waals surface area contributed by atoms with Crippen LogP contribution in [0.15, 0.2) is 94.1 Å². The Balaban J connectivity index is 1.48. The van der Waals surface area contributed by atoms with Crippen LogP contribution in [0.3, 0.4) is 0 Å². The van der Waals surface area contributed by atoms with Gasteiger partial charge in [-0.1, -0.05) is 48.5 Å². The highest BCUT2D eigenvalue weighted by Crippen LogP contribution is 2.31. The van der Waals surface area contributed by atoms with Gasteiger partial charge >= 0.3 is 5.63 Å². The molecule has 0 bridgehead atoms. The van der Waals surface area contributed by atoms with Crippen molar-refractivity contribution in [2.24, 2.45) is 0 Å². The van der Waals surface area contributed by atoms with Crippen LogP contribution in [0, 0.1) is 0 Å². The highest BCUT2D eigenvalue weighted by molar-refractivity contribution is 6.13. The molecule has 0 aliphatic heterocycles. The summed E-state index contributed by atoms with van der Waals surface area (Å²) in [5, 5.41) is 1.64. The average molecular weight is 395 g/mol. The molecule has 0 aliphatic rings. The lowest BCUT2D eigenvalue weighted by molar-refractivity contribution is 0.0924. The van der Waals surface area contributed by atoms with Crippen LogP contribution in [0.5, 0.6) is 5.75 Å². The van der Waals surface area contributed by atoms with E-state index in [1.165, 1.54) is 6.07 Å². The van der Waals surface area contributed by atoms with Crippen molar-refractivity contribution in [3.05, 3.63) is 101 Å². The Labute approximate surface area is 171 Å². The van der Waals surface area contributed by atoms with Gasteiger partial charge in [-0.2, -0.15) is 0 Å². The topological polar surface area (TPSA) is 72.3 Å². The van der Waals surface area contributed by atoms with Gasteiger partial charge in [0.25, 0.3) is 0 Å². The summed E-state index contributed by atoms with van der Waals surface area (Å²) in [5.41, 5.74) is 3.20. The highest BCUT2D eigenvalue weighted by atomic mass is 16.5. The highest BCUT2D eigenvalue weighted by Gasteiger charge is 2.20. The molecule has 0 aliphatic carbocycles. The quantitative estimate of drug-likeness (QED) is 0.328. The number of nitrogens with one attached hydrogen (secondary N) is 1. The van der Waals surface area contributed by atoms with Crippen LogP contribution in [-0.2, 0) is 0 Å². The molecule has 0 amide bonds. The maximum Gasteiger partial charge on any atom is 0.336 e. The molecule has 2 aromatic heterocycles. The second kappa shape index (κ2) is 7.37. The molecule has 30 heavy (non-hydrogen) atoms. The Morgan fingerprint density at radius 1 is 0.900 bits per heavy atom. The predicted octanol–water partition coefficient (Wildman–Crippen LogP) is 5.20. The number of rotatable bonds is 5. The molecule has 0 fully saturated rings. The summed E-state index contributed by atoms with van der Waals surface area (Å²) in [6.07, 6.45) is 0. The van der Waals surface area contributed by atoms with E-state index < -0.39 is 5.63 Å². The van der Waals surface area contributed by atoms with Gasteiger partial charge in [-0.3, -0.25) is 4.79 Å². The largest absolute Gasteiger partial charge is 0.485 e.